The van der Waals surface area contributed by atoms with E-state index in [1.165, 1.54) is 0 Å². The minimum Gasteiger partial charge on any atom is -0.353 e. The molecule has 0 unspecified atom stereocenters. The van der Waals surface area contributed by atoms with Gasteiger partial charge in [-0.15, -0.1) is 0 Å². The molecular weight excluding hydrogens is 445 g/mol. The summed E-state index contributed by atoms with van der Waals surface area (Å²) in [6.45, 7) is 1.93. The molecule has 1 fully saturated rings. The van der Waals surface area contributed by atoms with Crippen LogP contribution in [-0.2, 0) is 16.0 Å². The van der Waals surface area contributed by atoms with E-state index in [-0.39, 0.29) is 24.2 Å². The molecule has 0 radical (unpaired) electrons. The van der Waals surface area contributed by atoms with E-state index >= 15 is 0 Å². The lowest BCUT2D eigenvalue weighted by molar-refractivity contribution is -0.117. The minimum absolute atomic E-state index is 0.0369. The summed E-state index contributed by atoms with van der Waals surface area (Å²) in [6, 6.07) is 18.3. The fourth-order valence-electron chi connectivity index (χ4n) is 3.34. The van der Waals surface area contributed by atoms with Crippen LogP contribution in [0.2, 0.25) is 10.0 Å². The van der Waals surface area contributed by atoms with Gasteiger partial charge in [-0.05, 0) is 61.2 Å². The molecule has 5 nitrogen and oxygen atoms in total. The maximum Gasteiger partial charge on any atom is 0.228 e. The SMILES string of the molecule is Cc1ccc(NC(=O)Cc2ccccc2Nc2c(Cl)cccc2Cl)cc1NC(=O)C1CC1. The van der Waals surface area contributed by atoms with E-state index in [2.05, 4.69) is 16.0 Å². The van der Waals surface area contributed by atoms with Crippen LogP contribution in [0.3, 0.4) is 0 Å². The lowest BCUT2D eigenvalue weighted by Crippen LogP contribution is -2.17. The molecule has 2 amide bonds. The van der Waals surface area contributed by atoms with E-state index in [0.717, 1.165) is 35.3 Å². The number of para-hydroxylation sites is 2. The van der Waals surface area contributed by atoms with Crippen molar-refractivity contribution in [2.75, 3.05) is 16.0 Å². The summed E-state index contributed by atoms with van der Waals surface area (Å²) >= 11 is 12.6. The second-order valence-electron chi connectivity index (χ2n) is 7.90. The molecule has 3 N–H and O–H groups in total. The van der Waals surface area contributed by atoms with E-state index in [1.807, 2.05) is 43.3 Å². The van der Waals surface area contributed by atoms with Crippen molar-refractivity contribution in [3.05, 3.63) is 81.8 Å². The molecular formula is C25H23Cl2N3O2. The van der Waals surface area contributed by atoms with Crippen LogP contribution in [0.1, 0.15) is 24.0 Å². The number of anilines is 4. The van der Waals surface area contributed by atoms with Gasteiger partial charge in [0.1, 0.15) is 0 Å². The number of aryl methyl sites for hydroxylation is 1. The summed E-state index contributed by atoms with van der Waals surface area (Å²) in [6.07, 6.45) is 2.03. The molecule has 1 aliphatic rings. The Bertz CT molecular complexity index is 1160. The fraction of sp³-hybridized carbons (Fsp3) is 0.200. The number of halogens is 2. The summed E-state index contributed by atoms with van der Waals surface area (Å²) in [7, 11) is 0. The first-order valence-electron chi connectivity index (χ1n) is 10.4. The Balaban J connectivity index is 1.46. The van der Waals surface area contributed by atoms with Crippen molar-refractivity contribution in [2.45, 2.75) is 26.2 Å². The molecule has 0 spiro atoms. The van der Waals surface area contributed by atoms with Gasteiger partial charge in [-0.3, -0.25) is 9.59 Å². The molecule has 1 saturated carbocycles. The van der Waals surface area contributed by atoms with Crippen LogP contribution in [0, 0.1) is 12.8 Å². The Morgan fingerprint density at radius 3 is 2.34 bits per heavy atom. The second kappa shape index (κ2) is 9.63. The monoisotopic (exact) mass is 467 g/mol. The Morgan fingerprint density at radius 1 is 0.906 bits per heavy atom. The highest BCUT2D eigenvalue weighted by Gasteiger charge is 2.29. The third-order valence-electron chi connectivity index (χ3n) is 5.32. The molecule has 7 heteroatoms. The largest absolute Gasteiger partial charge is 0.353 e. The van der Waals surface area contributed by atoms with E-state index in [1.54, 1.807) is 24.3 Å². The molecule has 0 aliphatic heterocycles. The first kappa shape index (κ1) is 22.2. The van der Waals surface area contributed by atoms with Crippen molar-refractivity contribution in [2.24, 2.45) is 5.92 Å². The van der Waals surface area contributed by atoms with Gasteiger partial charge >= 0.3 is 0 Å². The number of hydrogen-bond donors (Lipinski definition) is 3. The van der Waals surface area contributed by atoms with Gasteiger partial charge in [0, 0.05) is 23.0 Å². The maximum atomic E-state index is 12.8. The predicted octanol–water partition coefficient (Wildman–Crippen LogP) is 6.58. The molecule has 0 heterocycles. The Labute approximate surface area is 197 Å². The van der Waals surface area contributed by atoms with Gasteiger partial charge in [0.15, 0.2) is 0 Å². The molecule has 32 heavy (non-hydrogen) atoms. The average Bonchev–Trinajstić information content (AvgIpc) is 3.60. The topological polar surface area (TPSA) is 70.2 Å². The van der Waals surface area contributed by atoms with Crippen LogP contribution in [-0.4, -0.2) is 11.8 Å². The zero-order valence-corrected chi connectivity index (χ0v) is 19.1. The summed E-state index contributed by atoms with van der Waals surface area (Å²) in [4.78, 5) is 24.9. The molecule has 3 aromatic carbocycles. The van der Waals surface area contributed by atoms with Crippen LogP contribution >= 0.6 is 23.2 Å². The van der Waals surface area contributed by atoms with Crippen molar-refractivity contribution in [1.82, 2.24) is 0 Å². The second-order valence-corrected chi connectivity index (χ2v) is 8.71. The van der Waals surface area contributed by atoms with Gasteiger partial charge in [0.2, 0.25) is 11.8 Å². The molecule has 3 aromatic rings. The molecule has 0 aromatic heterocycles. The van der Waals surface area contributed by atoms with Crippen molar-refractivity contribution in [3.63, 3.8) is 0 Å². The van der Waals surface area contributed by atoms with Crippen LogP contribution in [0.15, 0.2) is 60.7 Å². The smallest absolute Gasteiger partial charge is 0.228 e. The van der Waals surface area contributed by atoms with Gasteiger partial charge in [-0.2, -0.15) is 0 Å². The number of hydrogen-bond acceptors (Lipinski definition) is 3. The normalized spacial score (nSPS) is 12.8. The summed E-state index contributed by atoms with van der Waals surface area (Å²) < 4.78 is 0. The first-order chi connectivity index (χ1) is 15.4. The van der Waals surface area contributed by atoms with Crippen molar-refractivity contribution < 1.29 is 9.59 Å². The lowest BCUT2D eigenvalue weighted by atomic mass is 10.1. The van der Waals surface area contributed by atoms with Gasteiger partial charge in [-0.25, -0.2) is 0 Å². The molecule has 0 atom stereocenters. The highest BCUT2D eigenvalue weighted by Crippen LogP contribution is 2.34. The lowest BCUT2D eigenvalue weighted by Gasteiger charge is -2.15. The maximum absolute atomic E-state index is 12.8. The molecule has 164 valence electrons. The standard InChI is InChI=1S/C25H23Cl2N3O2/c1-15-9-12-18(14-22(15)30-25(32)16-10-11-16)28-23(31)13-17-5-2-3-8-21(17)29-24-19(26)6-4-7-20(24)27/h2-9,12,14,16,29H,10-11,13H2,1H3,(H,28,31)(H,30,32). The third kappa shape index (κ3) is 5.42. The summed E-state index contributed by atoms with van der Waals surface area (Å²) in [5.41, 5.74) is 4.44. The van der Waals surface area contributed by atoms with Crippen molar-refractivity contribution >= 4 is 57.8 Å². The van der Waals surface area contributed by atoms with Gasteiger partial charge in [-0.1, -0.05) is 53.5 Å². The highest BCUT2D eigenvalue weighted by atomic mass is 35.5. The van der Waals surface area contributed by atoms with E-state index in [0.29, 0.717) is 21.4 Å². The van der Waals surface area contributed by atoms with Gasteiger partial charge in [0.05, 0.1) is 22.2 Å². The fourth-order valence-corrected chi connectivity index (χ4v) is 3.83. The predicted molar refractivity (Wildman–Crippen MR) is 131 cm³/mol. The van der Waals surface area contributed by atoms with Crippen LogP contribution in [0.25, 0.3) is 0 Å². The number of rotatable bonds is 7. The van der Waals surface area contributed by atoms with Crippen LogP contribution < -0.4 is 16.0 Å². The Hall–Kier alpha value is -3.02. The minimum atomic E-state index is -0.173. The summed E-state index contributed by atoms with van der Waals surface area (Å²) in [5, 5.41) is 10.1. The zero-order valence-electron chi connectivity index (χ0n) is 17.5. The van der Waals surface area contributed by atoms with Crippen LogP contribution in [0.4, 0.5) is 22.7 Å². The van der Waals surface area contributed by atoms with E-state index in [4.69, 9.17) is 23.2 Å². The third-order valence-corrected chi connectivity index (χ3v) is 5.95. The quantitative estimate of drug-likeness (QED) is 0.367. The summed E-state index contributed by atoms with van der Waals surface area (Å²) in [5.74, 6) is -0.0223. The number of benzene rings is 3. The van der Waals surface area contributed by atoms with Crippen LogP contribution in [0.5, 0.6) is 0 Å². The average molecular weight is 468 g/mol. The first-order valence-corrected chi connectivity index (χ1v) is 11.2. The van der Waals surface area contributed by atoms with Gasteiger partial charge in [0.25, 0.3) is 0 Å². The number of amides is 2. The number of carbonyl (C=O) groups excluding carboxylic acids is 2. The van der Waals surface area contributed by atoms with Gasteiger partial charge < -0.3 is 16.0 Å². The Kier molecular flexibility index (Phi) is 6.68. The number of carbonyl (C=O) groups is 2. The number of nitrogens with one attached hydrogen (secondary N) is 3. The van der Waals surface area contributed by atoms with Crippen molar-refractivity contribution in [3.8, 4) is 0 Å². The zero-order chi connectivity index (χ0) is 22.7. The highest BCUT2D eigenvalue weighted by molar-refractivity contribution is 6.39. The Morgan fingerprint density at radius 2 is 1.62 bits per heavy atom. The van der Waals surface area contributed by atoms with Crippen molar-refractivity contribution in [1.29, 1.82) is 0 Å². The molecule has 0 bridgehead atoms. The van der Waals surface area contributed by atoms with E-state index in [9.17, 15) is 9.59 Å². The molecule has 1 aliphatic carbocycles. The molecule has 0 saturated heterocycles. The molecule has 4 rings (SSSR count). The van der Waals surface area contributed by atoms with E-state index < -0.39 is 0 Å².